The fourth-order valence-corrected chi connectivity index (χ4v) is 5.41. The Balaban J connectivity index is 1.73. The molecule has 0 atom stereocenters. The van der Waals surface area contributed by atoms with Crippen LogP contribution in [0.15, 0.2) is 89.5 Å². The normalized spacial score (nSPS) is 11.1. The molecule has 2 aromatic heterocycles. The van der Waals surface area contributed by atoms with E-state index in [4.69, 9.17) is 11.6 Å². The van der Waals surface area contributed by atoms with Crippen molar-refractivity contribution in [3.05, 3.63) is 111 Å². The SMILES string of the molecule is O=C(Nc1sc2c3ccccc3c(Br)c[n+]2c1C(=O)c1ccc(Cl)cc1)c1ccccc1. The predicted molar refractivity (Wildman–Crippen MR) is 132 cm³/mol. The number of carbonyl (C=O) groups excluding carboxylic acids is 2. The van der Waals surface area contributed by atoms with Crippen molar-refractivity contribution in [1.29, 1.82) is 0 Å². The maximum Gasteiger partial charge on any atom is 0.294 e. The Morgan fingerprint density at radius 2 is 1.50 bits per heavy atom. The number of nitrogens with one attached hydrogen (secondary N) is 1. The minimum atomic E-state index is -0.272. The van der Waals surface area contributed by atoms with Crippen LogP contribution in [0.3, 0.4) is 0 Å². The van der Waals surface area contributed by atoms with Gasteiger partial charge in [-0.25, -0.2) is 0 Å². The highest BCUT2D eigenvalue weighted by atomic mass is 79.9. The first-order valence-corrected chi connectivity index (χ1v) is 11.7. The zero-order valence-electron chi connectivity index (χ0n) is 16.5. The van der Waals surface area contributed by atoms with E-state index in [2.05, 4.69) is 21.2 Å². The Labute approximate surface area is 201 Å². The molecule has 7 heteroatoms. The third-order valence-corrected chi connectivity index (χ3v) is 7.11. The van der Waals surface area contributed by atoms with Crippen LogP contribution in [-0.4, -0.2) is 11.7 Å². The quantitative estimate of drug-likeness (QED) is 0.215. The molecule has 1 N–H and O–H groups in total. The van der Waals surface area contributed by atoms with E-state index in [0.717, 1.165) is 20.1 Å². The van der Waals surface area contributed by atoms with Crippen LogP contribution in [0.4, 0.5) is 5.00 Å². The molecular formula is C25H15BrClN2O2S+. The number of rotatable bonds is 4. The molecule has 1 amide bonds. The van der Waals surface area contributed by atoms with Crippen LogP contribution in [0.2, 0.25) is 5.02 Å². The summed E-state index contributed by atoms with van der Waals surface area (Å²) in [5.74, 6) is -0.477. The summed E-state index contributed by atoms with van der Waals surface area (Å²) >= 11 is 11.0. The van der Waals surface area contributed by atoms with Crippen molar-refractivity contribution < 1.29 is 14.0 Å². The van der Waals surface area contributed by atoms with E-state index in [1.807, 2.05) is 40.9 Å². The van der Waals surface area contributed by atoms with Crippen LogP contribution >= 0.6 is 38.9 Å². The molecule has 0 radical (unpaired) electrons. The minimum Gasteiger partial charge on any atom is -0.308 e. The molecule has 0 aliphatic rings. The van der Waals surface area contributed by atoms with Gasteiger partial charge in [-0.15, -0.1) is 4.40 Å². The number of amides is 1. The zero-order chi connectivity index (χ0) is 22.2. The fourth-order valence-electron chi connectivity index (χ4n) is 3.57. The minimum absolute atomic E-state index is 0.205. The highest BCUT2D eigenvalue weighted by Gasteiger charge is 2.32. The Kier molecular flexibility index (Phi) is 5.51. The molecule has 0 fully saturated rings. The van der Waals surface area contributed by atoms with E-state index in [0.29, 0.717) is 26.8 Å². The first kappa shape index (κ1) is 20.8. The fraction of sp³-hybridized carbons (Fsp3) is 0. The Bertz CT molecular complexity index is 1500. The van der Waals surface area contributed by atoms with Gasteiger partial charge in [-0.2, -0.15) is 0 Å². The maximum absolute atomic E-state index is 13.6. The van der Waals surface area contributed by atoms with Gasteiger partial charge in [0.05, 0.1) is 9.86 Å². The van der Waals surface area contributed by atoms with Crippen LogP contribution in [0.1, 0.15) is 26.4 Å². The lowest BCUT2D eigenvalue weighted by atomic mass is 10.1. The lowest BCUT2D eigenvalue weighted by Gasteiger charge is -2.03. The largest absolute Gasteiger partial charge is 0.308 e. The van der Waals surface area contributed by atoms with Crippen LogP contribution in [0.25, 0.3) is 15.6 Å². The molecule has 0 aliphatic carbocycles. The first-order valence-electron chi connectivity index (χ1n) is 9.75. The van der Waals surface area contributed by atoms with E-state index in [1.165, 1.54) is 11.3 Å². The summed E-state index contributed by atoms with van der Waals surface area (Å²) in [7, 11) is 0. The number of thiazole rings is 1. The van der Waals surface area contributed by atoms with E-state index in [9.17, 15) is 9.59 Å². The molecule has 4 nitrogen and oxygen atoms in total. The van der Waals surface area contributed by atoms with Crippen molar-refractivity contribution in [1.82, 2.24) is 0 Å². The van der Waals surface area contributed by atoms with Crippen molar-refractivity contribution in [2.24, 2.45) is 0 Å². The summed E-state index contributed by atoms with van der Waals surface area (Å²) < 4.78 is 2.70. The summed E-state index contributed by atoms with van der Waals surface area (Å²) in [5.41, 5.74) is 1.40. The third-order valence-electron chi connectivity index (χ3n) is 5.12. The molecule has 32 heavy (non-hydrogen) atoms. The second-order valence-electron chi connectivity index (χ2n) is 7.13. The molecule has 5 aromatic rings. The molecular weight excluding hydrogens is 508 g/mol. The molecule has 2 heterocycles. The highest BCUT2D eigenvalue weighted by Crippen LogP contribution is 2.34. The second-order valence-corrected chi connectivity index (χ2v) is 9.42. The smallest absolute Gasteiger partial charge is 0.294 e. The van der Waals surface area contributed by atoms with Gasteiger partial charge < -0.3 is 5.32 Å². The summed E-state index contributed by atoms with van der Waals surface area (Å²) in [6, 6.07) is 23.6. The highest BCUT2D eigenvalue weighted by molar-refractivity contribution is 9.10. The number of benzene rings is 3. The molecule has 3 aromatic carbocycles. The van der Waals surface area contributed by atoms with Crippen molar-refractivity contribution in [3.63, 3.8) is 0 Å². The number of anilines is 1. The third kappa shape index (κ3) is 3.71. The number of ketones is 1. The Morgan fingerprint density at radius 1 is 0.844 bits per heavy atom. The lowest BCUT2D eigenvalue weighted by molar-refractivity contribution is -0.508. The molecule has 0 spiro atoms. The number of carbonyl (C=O) groups is 2. The van der Waals surface area contributed by atoms with E-state index in [1.54, 1.807) is 48.5 Å². The standard InChI is InChI=1S/C25H14BrClN2O2S/c26-20-14-29-21(22(30)15-10-12-17(27)13-11-15)24(28-23(31)16-6-2-1-3-7-16)32-25(29)19-9-5-4-8-18(19)20/h1-14H/p+1. The summed E-state index contributed by atoms with van der Waals surface area (Å²) in [5, 5.41) is 6.01. The van der Waals surface area contributed by atoms with Gasteiger partial charge in [0, 0.05) is 21.5 Å². The van der Waals surface area contributed by atoms with Crippen LogP contribution in [-0.2, 0) is 0 Å². The van der Waals surface area contributed by atoms with Crippen molar-refractivity contribution >= 4 is 71.2 Å². The second kappa shape index (κ2) is 8.47. The number of fused-ring (bicyclic) bond motifs is 3. The van der Waals surface area contributed by atoms with Gasteiger partial charge in [0.2, 0.25) is 0 Å². The predicted octanol–water partition coefficient (Wildman–Crippen LogP) is 6.54. The van der Waals surface area contributed by atoms with Crippen molar-refractivity contribution in [2.75, 3.05) is 5.32 Å². The monoisotopic (exact) mass is 521 g/mol. The molecule has 0 unspecified atom stereocenters. The molecule has 0 bridgehead atoms. The zero-order valence-corrected chi connectivity index (χ0v) is 19.7. The van der Waals surface area contributed by atoms with E-state index >= 15 is 0 Å². The molecule has 156 valence electrons. The van der Waals surface area contributed by atoms with E-state index < -0.39 is 0 Å². The number of nitrogens with zero attached hydrogens (tertiary/aromatic N) is 1. The Hall–Kier alpha value is -3.06. The summed E-state index contributed by atoms with van der Waals surface area (Å²) in [6.45, 7) is 0. The number of halogens is 2. The van der Waals surface area contributed by atoms with Crippen LogP contribution in [0.5, 0.6) is 0 Å². The first-order chi connectivity index (χ1) is 15.5. The number of hydrogen-bond donors (Lipinski definition) is 1. The maximum atomic E-state index is 13.6. The van der Waals surface area contributed by atoms with Gasteiger partial charge in [0.1, 0.15) is 0 Å². The molecule has 0 aliphatic heterocycles. The molecule has 0 saturated carbocycles. The number of aromatic nitrogens is 1. The lowest BCUT2D eigenvalue weighted by Crippen LogP contribution is -2.29. The van der Waals surface area contributed by atoms with Gasteiger partial charge in [0.15, 0.2) is 11.2 Å². The number of hydrogen-bond acceptors (Lipinski definition) is 3. The average molecular weight is 523 g/mol. The van der Waals surface area contributed by atoms with Crippen molar-refractivity contribution in [3.8, 4) is 0 Å². The average Bonchev–Trinajstić information content (AvgIpc) is 3.17. The molecule has 0 saturated heterocycles. The molecule has 5 rings (SSSR count). The van der Waals surface area contributed by atoms with Crippen LogP contribution in [0, 0.1) is 0 Å². The number of pyridine rings is 1. The van der Waals surface area contributed by atoms with Crippen LogP contribution < -0.4 is 9.72 Å². The van der Waals surface area contributed by atoms with Gasteiger partial charge in [-0.05, 0) is 69.7 Å². The van der Waals surface area contributed by atoms with Gasteiger partial charge in [-0.1, -0.05) is 48.0 Å². The van der Waals surface area contributed by atoms with Gasteiger partial charge in [0.25, 0.3) is 22.2 Å². The summed E-state index contributed by atoms with van der Waals surface area (Å²) in [4.78, 5) is 27.4. The van der Waals surface area contributed by atoms with Gasteiger partial charge in [-0.3, -0.25) is 9.59 Å². The van der Waals surface area contributed by atoms with Crippen molar-refractivity contribution in [2.45, 2.75) is 0 Å². The topological polar surface area (TPSA) is 50.3 Å². The Morgan fingerprint density at radius 3 is 2.22 bits per heavy atom. The summed E-state index contributed by atoms with van der Waals surface area (Å²) in [6.07, 6.45) is 1.87. The van der Waals surface area contributed by atoms with Gasteiger partial charge >= 0.3 is 0 Å². The van der Waals surface area contributed by atoms with E-state index in [-0.39, 0.29) is 11.7 Å².